The van der Waals surface area contributed by atoms with E-state index in [9.17, 15) is 4.79 Å². The van der Waals surface area contributed by atoms with E-state index in [0.29, 0.717) is 33.9 Å². The third kappa shape index (κ3) is 3.57. The average molecular weight is 317 g/mol. The lowest BCUT2D eigenvalue weighted by Gasteiger charge is -2.21. The zero-order valence-corrected chi connectivity index (χ0v) is 12.9. The number of hydrogen-bond acceptors (Lipinski definition) is 3. The summed E-state index contributed by atoms with van der Waals surface area (Å²) >= 11 is 12.0. The van der Waals surface area contributed by atoms with Crippen LogP contribution < -0.4 is 10.5 Å². The lowest BCUT2D eigenvalue weighted by Crippen LogP contribution is -2.36. The van der Waals surface area contributed by atoms with E-state index in [1.54, 1.807) is 12.1 Å². The van der Waals surface area contributed by atoms with Gasteiger partial charge < -0.3 is 15.4 Å². The first-order valence-corrected chi connectivity index (χ1v) is 7.42. The lowest BCUT2D eigenvalue weighted by atomic mass is 10.2. The van der Waals surface area contributed by atoms with Gasteiger partial charge in [-0.1, -0.05) is 23.2 Å². The highest BCUT2D eigenvalue weighted by molar-refractivity contribution is 6.35. The third-order valence-corrected chi connectivity index (χ3v) is 3.79. The number of likely N-dealkylation sites (N-methyl/N-ethyl adjacent to an activating group) is 1. The standard InChI is InChI=1S/C14H18Cl2N2O2/c1-2-18(11-3-4-11)13(19)8-20-14-9(7-17)5-10(15)6-12(14)16/h5-6,11H,2-4,7-8,17H2,1H3. The van der Waals surface area contributed by atoms with Crippen LogP contribution >= 0.6 is 23.2 Å². The minimum absolute atomic E-state index is 0.0241. The van der Waals surface area contributed by atoms with Gasteiger partial charge in [0.15, 0.2) is 6.61 Å². The first-order valence-electron chi connectivity index (χ1n) is 6.67. The molecule has 0 aromatic heterocycles. The molecule has 1 aromatic rings. The Morgan fingerprint density at radius 2 is 2.15 bits per heavy atom. The van der Waals surface area contributed by atoms with Crippen LogP contribution in [0.15, 0.2) is 12.1 Å². The average Bonchev–Trinajstić information content (AvgIpc) is 3.22. The maximum absolute atomic E-state index is 12.1. The summed E-state index contributed by atoms with van der Waals surface area (Å²) < 4.78 is 5.57. The Labute approximate surface area is 128 Å². The molecule has 110 valence electrons. The van der Waals surface area contributed by atoms with Crippen LogP contribution in [-0.4, -0.2) is 30.0 Å². The van der Waals surface area contributed by atoms with Crippen LogP contribution in [-0.2, 0) is 11.3 Å². The molecule has 0 atom stereocenters. The summed E-state index contributed by atoms with van der Waals surface area (Å²) in [6.07, 6.45) is 2.16. The first kappa shape index (κ1) is 15.4. The Morgan fingerprint density at radius 1 is 1.45 bits per heavy atom. The van der Waals surface area contributed by atoms with Gasteiger partial charge in [0.05, 0.1) is 5.02 Å². The second-order valence-corrected chi connectivity index (χ2v) is 5.62. The number of carbonyl (C=O) groups is 1. The summed E-state index contributed by atoms with van der Waals surface area (Å²) in [6.45, 7) is 2.89. The van der Waals surface area contributed by atoms with E-state index >= 15 is 0 Å². The molecule has 0 saturated heterocycles. The van der Waals surface area contributed by atoms with Crippen LogP contribution in [0.5, 0.6) is 5.75 Å². The Bertz CT molecular complexity index is 504. The zero-order chi connectivity index (χ0) is 14.7. The molecule has 1 aromatic carbocycles. The molecule has 0 heterocycles. The van der Waals surface area contributed by atoms with Crippen LogP contribution in [0.25, 0.3) is 0 Å². The van der Waals surface area contributed by atoms with Gasteiger partial charge in [0.2, 0.25) is 0 Å². The maximum Gasteiger partial charge on any atom is 0.260 e. The zero-order valence-electron chi connectivity index (χ0n) is 11.4. The summed E-state index contributed by atoms with van der Waals surface area (Å²) in [6, 6.07) is 3.66. The van der Waals surface area contributed by atoms with Crippen molar-refractivity contribution in [2.24, 2.45) is 5.73 Å². The Balaban J connectivity index is 2.04. The van der Waals surface area contributed by atoms with Crippen LogP contribution in [0.1, 0.15) is 25.3 Å². The van der Waals surface area contributed by atoms with E-state index in [4.69, 9.17) is 33.7 Å². The quantitative estimate of drug-likeness (QED) is 0.878. The number of carbonyl (C=O) groups excluding carboxylic acids is 1. The molecule has 20 heavy (non-hydrogen) atoms. The van der Waals surface area contributed by atoms with Crippen molar-refractivity contribution < 1.29 is 9.53 Å². The summed E-state index contributed by atoms with van der Waals surface area (Å²) in [7, 11) is 0. The number of benzene rings is 1. The number of rotatable bonds is 6. The Hall–Kier alpha value is -0.970. The van der Waals surface area contributed by atoms with E-state index in [-0.39, 0.29) is 19.1 Å². The highest BCUT2D eigenvalue weighted by Gasteiger charge is 2.31. The van der Waals surface area contributed by atoms with Gasteiger partial charge in [0, 0.05) is 29.7 Å². The fourth-order valence-corrected chi connectivity index (χ4v) is 2.76. The van der Waals surface area contributed by atoms with E-state index in [2.05, 4.69) is 0 Å². The number of nitrogens with two attached hydrogens (primary N) is 1. The molecule has 2 N–H and O–H groups in total. The number of ether oxygens (including phenoxy) is 1. The number of halogens is 2. The van der Waals surface area contributed by atoms with E-state index in [1.165, 1.54) is 0 Å². The summed E-state index contributed by atoms with van der Waals surface area (Å²) in [5.41, 5.74) is 6.35. The van der Waals surface area contributed by atoms with Gasteiger partial charge in [0.25, 0.3) is 5.91 Å². The van der Waals surface area contributed by atoms with Crippen LogP contribution in [0.4, 0.5) is 0 Å². The molecular formula is C14H18Cl2N2O2. The summed E-state index contributed by atoms with van der Waals surface area (Å²) in [5, 5.41) is 0.877. The van der Waals surface area contributed by atoms with Gasteiger partial charge in [-0.05, 0) is 31.9 Å². The number of nitrogens with zero attached hydrogens (tertiary/aromatic N) is 1. The summed E-state index contributed by atoms with van der Waals surface area (Å²) in [4.78, 5) is 13.9. The monoisotopic (exact) mass is 316 g/mol. The topological polar surface area (TPSA) is 55.6 Å². The van der Waals surface area contributed by atoms with Crippen molar-refractivity contribution >= 4 is 29.1 Å². The molecule has 1 aliphatic carbocycles. The van der Waals surface area contributed by atoms with Crippen molar-refractivity contribution in [3.8, 4) is 5.75 Å². The second kappa shape index (κ2) is 6.66. The van der Waals surface area contributed by atoms with Gasteiger partial charge in [-0.25, -0.2) is 0 Å². The Kier molecular flexibility index (Phi) is 5.13. The summed E-state index contributed by atoms with van der Waals surface area (Å²) in [5.74, 6) is 0.419. The predicted molar refractivity (Wildman–Crippen MR) is 80.3 cm³/mol. The van der Waals surface area contributed by atoms with Crippen molar-refractivity contribution in [3.63, 3.8) is 0 Å². The van der Waals surface area contributed by atoms with E-state index < -0.39 is 0 Å². The SMILES string of the molecule is CCN(C(=O)COc1c(Cl)cc(Cl)cc1CN)C1CC1. The molecule has 1 fully saturated rings. The maximum atomic E-state index is 12.1. The molecule has 2 rings (SSSR count). The Morgan fingerprint density at radius 3 is 2.70 bits per heavy atom. The van der Waals surface area contributed by atoms with Gasteiger partial charge in [-0.2, -0.15) is 0 Å². The molecule has 0 radical (unpaired) electrons. The first-order chi connectivity index (χ1) is 9.56. The smallest absolute Gasteiger partial charge is 0.260 e. The number of hydrogen-bond donors (Lipinski definition) is 1. The van der Waals surface area contributed by atoms with Gasteiger partial charge in [-0.15, -0.1) is 0 Å². The van der Waals surface area contributed by atoms with Gasteiger partial charge >= 0.3 is 0 Å². The molecule has 1 aliphatic rings. The minimum atomic E-state index is -0.0291. The molecule has 0 aliphatic heterocycles. The molecule has 1 amide bonds. The van der Waals surface area contributed by atoms with Crippen LogP contribution in [0, 0.1) is 0 Å². The third-order valence-electron chi connectivity index (χ3n) is 3.29. The van der Waals surface area contributed by atoms with Crippen LogP contribution in [0.3, 0.4) is 0 Å². The highest BCUT2D eigenvalue weighted by Crippen LogP contribution is 2.32. The van der Waals surface area contributed by atoms with Crippen LogP contribution in [0.2, 0.25) is 10.0 Å². The second-order valence-electron chi connectivity index (χ2n) is 4.78. The normalized spacial score (nSPS) is 14.2. The van der Waals surface area contributed by atoms with E-state index in [0.717, 1.165) is 12.8 Å². The van der Waals surface area contributed by atoms with Gasteiger partial charge in [0.1, 0.15) is 5.75 Å². The number of amides is 1. The highest BCUT2D eigenvalue weighted by atomic mass is 35.5. The van der Waals surface area contributed by atoms with Crippen molar-refractivity contribution in [2.45, 2.75) is 32.4 Å². The van der Waals surface area contributed by atoms with Gasteiger partial charge in [-0.3, -0.25) is 4.79 Å². The molecule has 0 spiro atoms. The molecular weight excluding hydrogens is 299 g/mol. The largest absolute Gasteiger partial charge is 0.482 e. The minimum Gasteiger partial charge on any atom is -0.482 e. The molecule has 6 heteroatoms. The van der Waals surface area contributed by atoms with Crippen molar-refractivity contribution in [3.05, 3.63) is 27.7 Å². The van der Waals surface area contributed by atoms with Crippen molar-refractivity contribution in [2.75, 3.05) is 13.2 Å². The molecule has 4 nitrogen and oxygen atoms in total. The van der Waals surface area contributed by atoms with Crippen molar-refractivity contribution in [1.29, 1.82) is 0 Å². The van der Waals surface area contributed by atoms with E-state index in [1.807, 2.05) is 11.8 Å². The fourth-order valence-electron chi connectivity index (χ4n) is 2.17. The fraction of sp³-hybridized carbons (Fsp3) is 0.500. The molecule has 1 saturated carbocycles. The predicted octanol–water partition coefficient (Wildman–Crippen LogP) is 2.84. The molecule has 0 bridgehead atoms. The molecule has 0 unspecified atom stereocenters. The lowest BCUT2D eigenvalue weighted by molar-refractivity contribution is -0.133. The van der Waals surface area contributed by atoms with Crippen molar-refractivity contribution in [1.82, 2.24) is 4.90 Å².